The molecule has 0 aromatic heterocycles. The van der Waals surface area contributed by atoms with E-state index in [0.717, 1.165) is 25.0 Å². The largest absolute Gasteiger partial charge is 0.573 e. The molecule has 1 aliphatic rings. The van der Waals surface area contributed by atoms with Gasteiger partial charge in [0.2, 0.25) is 5.75 Å². The molecule has 1 aliphatic heterocycles. The first-order chi connectivity index (χ1) is 20.9. The van der Waals surface area contributed by atoms with Gasteiger partial charge >= 0.3 is 6.36 Å². The van der Waals surface area contributed by atoms with Gasteiger partial charge in [0.25, 0.3) is 0 Å². The normalized spacial score (nSPS) is 17.9. The van der Waals surface area contributed by atoms with Crippen molar-refractivity contribution in [1.82, 2.24) is 0 Å². The van der Waals surface area contributed by atoms with Gasteiger partial charge in [-0.3, -0.25) is 0 Å². The molecule has 3 aromatic carbocycles. The summed E-state index contributed by atoms with van der Waals surface area (Å²) in [7, 11) is 0. The number of allylic oxidation sites excluding steroid dienone is 1. The van der Waals surface area contributed by atoms with E-state index >= 15 is 0 Å². The maximum Gasteiger partial charge on any atom is 0.573 e. The summed E-state index contributed by atoms with van der Waals surface area (Å²) in [5.74, 6) is -8.00. The van der Waals surface area contributed by atoms with Crippen molar-refractivity contribution < 1.29 is 49.0 Å². The lowest BCUT2D eigenvalue weighted by atomic mass is 9.89. The van der Waals surface area contributed by atoms with Crippen LogP contribution in [0.3, 0.4) is 0 Å². The van der Waals surface area contributed by atoms with E-state index in [9.17, 15) is 39.5 Å². The summed E-state index contributed by atoms with van der Waals surface area (Å²) in [5.41, 5.74) is 0.595. The van der Waals surface area contributed by atoms with Crippen molar-refractivity contribution in [2.75, 3.05) is 6.61 Å². The van der Waals surface area contributed by atoms with E-state index in [2.05, 4.69) is 4.74 Å². The number of halogens is 9. The Balaban J connectivity index is 1.34. The standard InChI is InChI=1S/C33H31F9O2/c1-2-3-4-5-25(34)31(39)21-10-8-20(9-11-21)22-14-26(35)24(27(36)15-22)12-6-19-7-13-30(43-18-19)23-16-28(37)32(29(38)17-23)44-33(40,41)42/h8-11,14-17,19,30H,2-7,12-13,18H2,1H3. The minimum absolute atomic E-state index is 0.00477. The molecule has 238 valence electrons. The van der Waals surface area contributed by atoms with Crippen molar-refractivity contribution in [3.05, 3.63) is 94.3 Å². The van der Waals surface area contributed by atoms with E-state index in [1.165, 1.54) is 36.4 Å². The quantitative estimate of drug-likeness (QED) is 0.155. The molecule has 44 heavy (non-hydrogen) atoms. The number of rotatable bonds is 11. The molecule has 0 radical (unpaired) electrons. The van der Waals surface area contributed by atoms with Crippen LogP contribution in [0.5, 0.6) is 5.75 Å². The summed E-state index contributed by atoms with van der Waals surface area (Å²) in [6.07, 6.45) is -2.62. The SMILES string of the molecule is CCCCCC(F)=C(F)c1ccc(-c2cc(F)c(CCC3CCC(c4cc(F)c(OC(F)(F)F)c(F)c4)OC3)c(F)c2)cc1. The van der Waals surface area contributed by atoms with Gasteiger partial charge in [0.05, 0.1) is 12.7 Å². The molecule has 11 heteroatoms. The van der Waals surface area contributed by atoms with Crippen LogP contribution in [0.4, 0.5) is 39.5 Å². The first-order valence-electron chi connectivity index (χ1n) is 14.4. The van der Waals surface area contributed by atoms with Crippen LogP contribution in [0.25, 0.3) is 17.0 Å². The zero-order valence-corrected chi connectivity index (χ0v) is 23.9. The maximum absolute atomic E-state index is 15.0. The predicted octanol–water partition coefficient (Wildman–Crippen LogP) is 11.1. The molecular weight excluding hydrogens is 599 g/mol. The fourth-order valence-corrected chi connectivity index (χ4v) is 5.24. The number of hydrogen-bond acceptors (Lipinski definition) is 2. The molecule has 4 rings (SSSR count). The number of benzene rings is 3. The van der Waals surface area contributed by atoms with Crippen LogP contribution in [-0.4, -0.2) is 13.0 Å². The monoisotopic (exact) mass is 630 g/mol. The first-order valence-corrected chi connectivity index (χ1v) is 14.4. The van der Waals surface area contributed by atoms with E-state index in [4.69, 9.17) is 4.74 Å². The summed E-state index contributed by atoms with van der Waals surface area (Å²) in [5, 5.41) is 0. The zero-order chi connectivity index (χ0) is 32.0. The van der Waals surface area contributed by atoms with Gasteiger partial charge in [0, 0.05) is 17.5 Å². The fourth-order valence-electron chi connectivity index (χ4n) is 5.24. The molecule has 2 nitrogen and oxygen atoms in total. The van der Waals surface area contributed by atoms with Crippen LogP contribution in [0.1, 0.15) is 74.7 Å². The van der Waals surface area contributed by atoms with E-state index in [1.54, 1.807) is 0 Å². The Morgan fingerprint density at radius 3 is 2.02 bits per heavy atom. The van der Waals surface area contributed by atoms with Gasteiger partial charge in [-0.15, -0.1) is 13.2 Å². The molecule has 1 heterocycles. The smallest absolute Gasteiger partial charge is 0.399 e. The molecule has 0 N–H and O–H groups in total. The van der Waals surface area contributed by atoms with Gasteiger partial charge in [-0.05, 0) is 79.0 Å². The van der Waals surface area contributed by atoms with Crippen molar-refractivity contribution in [3.8, 4) is 16.9 Å². The first kappa shape index (κ1) is 33.4. The molecule has 2 unspecified atom stereocenters. The van der Waals surface area contributed by atoms with E-state index < -0.39 is 53.1 Å². The Bertz CT molecular complexity index is 1410. The molecule has 0 aliphatic carbocycles. The Morgan fingerprint density at radius 1 is 0.841 bits per heavy atom. The average Bonchev–Trinajstić information content (AvgIpc) is 2.98. The minimum atomic E-state index is -5.25. The van der Waals surface area contributed by atoms with Crippen LogP contribution in [-0.2, 0) is 11.2 Å². The lowest BCUT2D eigenvalue weighted by molar-refractivity contribution is -0.276. The molecule has 1 fully saturated rings. The second-order valence-electron chi connectivity index (χ2n) is 10.8. The lowest BCUT2D eigenvalue weighted by Gasteiger charge is -2.29. The van der Waals surface area contributed by atoms with Crippen LogP contribution in [0.15, 0.2) is 54.4 Å². The summed E-state index contributed by atoms with van der Waals surface area (Å²) < 4.78 is 133. The van der Waals surface area contributed by atoms with Crippen molar-refractivity contribution in [1.29, 1.82) is 0 Å². The molecule has 2 atom stereocenters. The molecule has 0 bridgehead atoms. The fraction of sp³-hybridized carbons (Fsp3) is 0.394. The Labute approximate surface area is 249 Å². The second-order valence-corrected chi connectivity index (χ2v) is 10.8. The highest BCUT2D eigenvalue weighted by atomic mass is 19.4. The molecule has 0 saturated carbocycles. The number of alkyl halides is 3. The maximum atomic E-state index is 15.0. The highest BCUT2D eigenvalue weighted by Gasteiger charge is 2.35. The van der Waals surface area contributed by atoms with Crippen LogP contribution in [0, 0.1) is 29.2 Å². The second kappa shape index (κ2) is 14.5. The van der Waals surface area contributed by atoms with Gasteiger partial charge in [0.1, 0.15) is 17.5 Å². The third-order valence-corrected chi connectivity index (χ3v) is 7.63. The lowest BCUT2D eigenvalue weighted by Crippen LogP contribution is -2.22. The molecule has 0 amide bonds. The Hall–Kier alpha value is -3.47. The van der Waals surface area contributed by atoms with Crippen molar-refractivity contribution in [2.45, 2.75) is 70.8 Å². The van der Waals surface area contributed by atoms with Gasteiger partial charge in [-0.25, -0.2) is 26.3 Å². The third-order valence-electron chi connectivity index (χ3n) is 7.63. The van der Waals surface area contributed by atoms with Gasteiger partial charge in [0.15, 0.2) is 17.5 Å². The summed E-state index contributed by atoms with van der Waals surface area (Å²) >= 11 is 0. The van der Waals surface area contributed by atoms with Gasteiger partial charge in [-0.2, -0.15) is 0 Å². The average molecular weight is 631 g/mol. The third kappa shape index (κ3) is 8.58. The molecule has 3 aromatic rings. The molecular formula is C33H31F9O2. The topological polar surface area (TPSA) is 18.5 Å². The number of hydrogen-bond donors (Lipinski definition) is 0. The highest BCUT2D eigenvalue weighted by molar-refractivity contribution is 5.68. The molecule has 1 saturated heterocycles. The van der Waals surface area contributed by atoms with Crippen molar-refractivity contribution in [2.24, 2.45) is 5.92 Å². The van der Waals surface area contributed by atoms with Crippen LogP contribution < -0.4 is 4.74 Å². The Morgan fingerprint density at radius 2 is 1.48 bits per heavy atom. The summed E-state index contributed by atoms with van der Waals surface area (Å²) in [4.78, 5) is 0. The van der Waals surface area contributed by atoms with Crippen molar-refractivity contribution >= 4 is 5.83 Å². The van der Waals surface area contributed by atoms with Crippen LogP contribution in [0.2, 0.25) is 0 Å². The predicted molar refractivity (Wildman–Crippen MR) is 148 cm³/mol. The van der Waals surface area contributed by atoms with E-state index in [-0.39, 0.29) is 47.6 Å². The van der Waals surface area contributed by atoms with E-state index in [0.29, 0.717) is 31.2 Å². The molecule has 0 spiro atoms. The Kier molecular flexibility index (Phi) is 11.0. The van der Waals surface area contributed by atoms with Crippen molar-refractivity contribution in [3.63, 3.8) is 0 Å². The van der Waals surface area contributed by atoms with E-state index in [1.807, 2.05) is 6.92 Å². The van der Waals surface area contributed by atoms with Gasteiger partial charge < -0.3 is 9.47 Å². The zero-order valence-electron chi connectivity index (χ0n) is 23.9. The van der Waals surface area contributed by atoms with Crippen LogP contribution >= 0.6 is 0 Å². The minimum Gasteiger partial charge on any atom is -0.399 e. The highest BCUT2D eigenvalue weighted by Crippen LogP contribution is 2.37. The van der Waals surface area contributed by atoms with Gasteiger partial charge in [-0.1, -0.05) is 44.0 Å². The summed E-state index contributed by atoms with van der Waals surface area (Å²) in [6, 6.07) is 9.46. The summed E-state index contributed by atoms with van der Waals surface area (Å²) in [6.45, 7) is 2.08. The number of unbranched alkanes of at least 4 members (excludes halogenated alkanes) is 2. The number of ether oxygens (including phenoxy) is 2.